The summed E-state index contributed by atoms with van der Waals surface area (Å²) in [4.78, 5) is 15.8. The molecule has 142 valence electrons. The molecule has 0 radical (unpaired) electrons. The van der Waals surface area contributed by atoms with E-state index >= 15 is 0 Å². The van der Waals surface area contributed by atoms with Gasteiger partial charge in [-0.05, 0) is 30.7 Å². The number of unbranched alkanes of at least 4 members (excludes halogenated alkanes) is 2. The number of amides is 1. The van der Waals surface area contributed by atoms with Crippen LogP contribution in [-0.2, 0) is 14.6 Å². The number of aromatic amines is 1. The van der Waals surface area contributed by atoms with Gasteiger partial charge in [0.2, 0.25) is 15.7 Å². The number of aromatic nitrogens is 3. The normalized spacial score (nSPS) is 11.6. The fourth-order valence-electron chi connectivity index (χ4n) is 2.63. The zero-order chi connectivity index (χ0) is 19.4. The molecule has 27 heavy (non-hydrogen) atoms. The lowest BCUT2D eigenvalue weighted by Gasteiger charge is -2.06. The van der Waals surface area contributed by atoms with E-state index in [1.807, 2.05) is 6.92 Å². The minimum Gasteiger partial charge on any atom is -0.311 e. The summed E-state index contributed by atoms with van der Waals surface area (Å²) in [5.74, 6) is -0.545. The number of nitrogens with one attached hydrogen (secondary N) is 2. The van der Waals surface area contributed by atoms with Gasteiger partial charge in [-0.1, -0.05) is 25.8 Å². The van der Waals surface area contributed by atoms with Crippen LogP contribution < -0.4 is 5.32 Å². The fraction of sp³-hybridized carbons (Fsp3) is 0.278. The maximum absolute atomic E-state index is 13.4. The third kappa shape index (κ3) is 4.13. The molecule has 0 aliphatic rings. The Morgan fingerprint density at radius 2 is 2.04 bits per heavy atom. The Labute approximate surface area is 155 Å². The van der Waals surface area contributed by atoms with E-state index in [1.165, 1.54) is 24.3 Å². The van der Waals surface area contributed by atoms with Crippen molar-refractivity contribution in [1.82, 2.24) is 15.2 Å². The van der Waals surface area contributed by atoms with Crippen molar-refractivity contribution in [3.05, 3.63) is 42.3 Å². The maximum atomic E-state index is 13.4. The Bertz CT molecular complexity index is 1080. The molecule has 0 spiro atoms. The number of rotatable bonds is 7. The molecule has 2 N–H and O–H groups in total. The van der Waals surface area contributed by atoms with Gasteiger partial charge in [-0.25, -0.2) is 17.8 Å². The minimum absolute atomic E-state index is 0.108. The standard InChI is InChI=1S/C18H19FN4O3S/c1-2-3-4-8-16(24)21-18-15-10-14(11-20-17(15)22-23-18)27(25,26)13-7-5-6-12(19)9-13/h5-7,9-11H,2-4,8H2,1H3,(H2,20,21,22,23,24). The van der Waals surface area contributed by atoms with Crippen molar-refractivity contribution in [3.63, 3.8) is 0 Å². The molecule has 7 nitrogen and oxygen atoms in total. The molecular weight excluding hydrogens is 371 g/mol. The number of fused-ring (bicyclic) bond motifs is 1. The highest BCUT2D eigenvalue weighted by Crippen LogP contribution is 2.26. The van der Waals surface area contributed by atoms with Gasteiger partial charge in [0.05, 0.1) is 15.2 Å². The Morgan fingerprint density at radius 3 is 2.78 bits per heavy atom. The van der Waals surface area contributed by atoms with Gasteiger partial charge in [-0.2, -0.15) is 5.10 Å². The van der Waals surface area contributed by atoms with Crippen molar-refractivity contribution in [2.45, 2.75) is 42.4 Å². The summed E-state index contributed by atoms with van der Waals surface area (Å²) in [5.41, 5.74) is 0.275. The molecule has 1 amide bonds. The molecule has 0 saturated carbocycles. The first-order chi connectivity index (χ1) is 12.9. The molecular formula is C18H19FN4O3S. The Hall–Kier alpha value is -2.81. The van der Waals surface area contributed by atoms with E-state index in [2.05, 4.69) is 20.5 Å². The van der Waals surface area contributed by atoms with Crippen LogP contribution in [0.15, 0.2) is 46.3 Å². The van der Waals surface area contributed by atoms with Crippen LogP contribution in [-0.4, -0.2) is 29.5 Å². The molecule has 9 heteroatoms. The summed E-state index contributed by atoms with van der Waals surface area (Å²) in [7, 11) is -3.95. The second-order valence-electron chi connectivity index (χ2n) is 6.11. The van der Waals surface area contributed by atoms with Crippen molar-refractivity contribution in [1.29, 1.82) is 0 Å². The highest BCUT2D eigenvalue weighted by Gasteiger charge is 2.21. The molecule has 2 aromatic heterocycles. The SMILES string of the molecule is CCCCCC(=O)Nc1[nH]nc2ncc(S(=O)(=O)c3cccc(F)c3)cc12. The van der Waals surface area contributed by atoms with E-state index in [-0.39, 0.29) is 27.2 Å². The number of hydrogen-bond acceptors (Lipinski definition) is 5. The zero-order valence-electron chi connectivity index (χ0n) is 14.7. The average Bonchev–Trinajstić information content (AvgIpc) is 3.04. The topological polar surface area (TPSA) is 105 Å². The van der Waals surface area contributed by atoms with Crippen molar-refractivity contribution in [2.75, 3.05) is 5.32 Å². The summed E-state index contributed by atoms with van der Waals surface area (Å²) < 4.78 is 38.9. The van der Waals surface area contributed by atoms with Gasteiger partial charge < -0.3 is 5.32 Å². The van der Waals surface area contributed by atoms with Crippen LogP contribution >= 0.6 is 0 Å². The van der Waals surface area contributed by atoms with E-state index in [4.69, 9.17) is 0 Å². The van der Waals surface area contributed by atoms with Gasteiger partial charge in [0, 0.05) is 12.6 Å². The molecule has 1 aromatic carbocycles. The number of anilines is 1. The van der Waals surface area contributed by atoms with Crippen molar-refractivity contribution in [2.24, 2.45) is 0 Å². The molecule has 0 bridgehead atoms. The van der Waals surface area contributed by atoms with Crippen LogP contribution in [0.5, 0.6) is 0 Å². The minimum atomic E-state index is -3.95. The van der Waals surface area contributed by atoms with Gasteiger partial charge in [-0.15, -0.1) is 0 Å². The quantitative estimate of drug-likeness (QED) is 0.601. The lowest BCUT2D eigenvalue weighted by Crippen LogP contribution is -2.11. The van der Waals surface area contributed by atoms with E-state index in [9.17, 15) is 17.6 Å². The maximum Gasteiger partial charge on any atom is 0.225 e. The lowest BCUT2D eigenvalue weighted by atomic mass is 10.2. The summed E-state index contributed by atoms with van der Waals surface area (Å²) >= 11 is 0. The van der Waals surface area contributed by atoms with Gasteiger partial charge in [0.1, 0.15) is 11.6 Å². The number of benzene rings is 1. The number of H-pyrrole nitrogens is 1. The van der Waals surface area contributed by atoms with E-state index in [0.29, 0.717) is 11.8 Å². The van der Waals surface area contributed by atoms with Gasteiger partial charge >= 0.3 is 0 Å². The van der Waals surface area contributed by atoms with Crippen LogP contribution in [0.2, 0.25) is 0 Å². The van der Waals surface area contributed by atoms with E-state index in [1.54, 1.807) is 0 Å². The van der Waals surface area contributed by atoms with E-state index < -0.39 is 15.7 Å². The molecule has 0 unspecified atom stereocenters. The number of carbonyl (C=O) groups is 1. The monoisotopic (exact) mass is 390 g/mol. The second-order valence-corrected chi connectivity index (χ2v) is 8.06. The Kier molecular flexibility index (Phi) is 5.50. The third-order valence-electron chi connectivity index (χ3n) is 4.07. The molecule has 3 rings (SSSR count). The fourth-order valence-corrected chi connectivity index (χ4v) is 3.89. The highest BCUT2D eigenvalue weighted by atomic mass is 32.2. The first-order valence-corrected chi connectivity index (χ1v) is 10.0. The van der Waals surface area contributed by atoms with Crippen LogP contribution in [0, 0.1) is 5.82 Å². The van der Waals surface area contributed by atoms with E-state index in [0.717, 1.165) is 31.5 Å². The van der Waals surface area contributed by atoms with Crippen molar-refractivity contribution >= 4 is 32.6 Å². The first-order valence-electron chi connectivity index (χ1n) is 8.56. The van der Waals surface area contributed by atoms with Crippen molar-refractivity contribution in [3.8, 4) is 0 Å². The van der Waals surface area contributed by atoms with Gasteiger partial charge in [0.15, 0.2) is 5.65 Å². The Morgan fingerprint density at radius 1 is 1.22 bits per heavy atom. The predicted molar refractivity (Wildman–Crippen MR) is 98.5 cm³/mol. The Balaban J connectivity index is 1.92. The lowest BCUT2D eigenvalue weighted by molar-refractivity contribution is -0.116. The van der Waals surface area contributed by atoms with Crippen molar-refractivity contribution < 1.29 is 17.6 Å². The number of pyridine rings is 1. The molecule has 2 heterocycles. The molecule has 0 atom stereocenters. The molecule has 0 fully saturated rings. The average molecular weight is 390 g/mol. The summed E-state index contributed by atoms with van der Waals surface area (Å²) in [6, 6.07) is 6.13. The van der Waals surface area contributed by atoms with Gasteiger partial charge in [-0.3, -0.25) is 9.89 Å². The smallest absolute Gasteiger partial charge is 0.225 e. The summed E-state index contributed by atoms with van der Waals surface area (Å²) in [6.07, 6.45) is 4.26. The van der Waals surface area contributed by atoms with Crippen LogP contribution in [0.3, 0.4) is 0 Å². The van der Waals surface area contributed by atoms with Crippen LogP contribution in [0.4, 0.5) is 10.2 Å². The largest absolute Gasteiger partial charge is 0.311 e. The number of hydrogen-bond donors (Lipinski definition) is 2. The van der Waals surface area contributed by atoms with Gasteiger partial charge in [0.25, 0.3) is 0 Å². The zero-order valence-corrected chi connectivity index (χ0v) is 15.5. The third-order valence-corrected chi connectivity index (χ3v) is 5.79. The number of sulfone groups is 1. The number of halogens is 1. The van der Waals surface area contributed by atoms with Crippen LogP contribution in [0.25, 0.3) is 11.0 Å². The highest BCUT2D eigenvalue weighted by molar-refractivity contribution is 7.91. The first kappa shape index (κ1) is 19.0. The second kappa shape index (κ2) is 7.83. The van der Waals surface area contributed by atoms with Crippen LogP contribution in [0.1, 0.15) is 32.6 Å². The summed E-state index contributed by atoms with van der Waals surface area (Å²) in [5, 5.41) is 9.71. The molecule has 0 aliphatic carbocycles. The predicted octanol–water partition coefficient (Wildman–Crippen LogP) is 3.45. The number of nitrogens with zero attached hydrogens (tertiary/aromatic N) is 2. The number of carbonyl (C=O) groups excluding carboxylic acids is 1. The molecule has 0 saturated heterocycles. The molecule has 3 aromatic rings. The summed E-state index contributed by atoms with van der Waals surface area (Å²) in [6.45, 7) is 2.05. The molecule has 0 aliphatic heterocycles.